The predicted octanol–water partition coefficient (Wildman–Crippen LogP) is 3.69. The van der Waals surface area contributed by atoms with Gasteiger partial charge < -0.3 is 10.1 Å². The lowest BCUT2D eigenvalue weighted by Crippen LogP contribution is -2.15. The molecule has 0 saturated carbocycles. The Balaban J connectivity index is 2.24. The molecule has 104 valence electrons. The SMILES string of the molecule is COC(=O)c1sccc1NC(=O)c1ccc(Br)cc1F. The lowest BCUT2D eigenvalue weighted by atomic mass is 10.2. The molecule has 1 N–H and O–H groups in total. The number of nitrogens with one attached hydrogen (secondary N) is 1. The van der Waals surface area contributed by atoms with Gasteiger partial charge in [-0.1, -0.05) is 15.9 Å². The lowest BCUT2D eigenvalue weighted by Gasteiger charge is -2.06. The largest absolute Gasteiger partial charge is 0.465 e. The van der Waals surface area contributed by atoms with Gasteiger partial charge in [-0.25, -0.2) is 9.18 Å². The van der Waals surface area contributed by atoms with Crippen molar-refractivity contribution in [3.05, 3.63) is 50.4 Å². The second kappa shape index (κ2) is 6.15. The molecule has 0 bridgehead atoms. The summed E-state index contributed by atoms with van der Waals surface area (Å²) in [5.74, 6) is -1.82. The van der Waals surface area contributed by atoms with E-state index in [0.29, 0.717) is 10.2 Å². The van der Waals surface area contributed by atoms with Gasteiger partial charge in [0, 0.05) is 4.47 Å². The van der Waals surface area contributed by atoms with E-state index in [1.54, 1.807) is 17.5 Å². The molecule has 2 rings (SSSR count). The Bertz CT molecular complexity index is 671. The van der Waals surface area contributed by atoms with Crippen LogP contribution in [0, 0.1) is 5.82 Å². The molecule has 1 amide bonds. The van der Waals surface area contributed by atoms with Crippen molar-refractivity contribution < 1.29 is 18.7 Å². The number of methoxy groups -OCH3 is 1. The summed E-state index contributed by atoms with van der Waals surface area (Å²) in [5, 5.41) is 4.14. The van der Waals surface area contributed by atoms with Crippen molar-refractivity contribution in [2.24, 2.45) is 0 Å². The molecule has 0 saturated heterocycles. The number of hydrogen-bond donors (Lipinski definition) is 1. The molecule has 4 nitrogen and oxygen atoms in total. The molecule has 20 heavy (non-hydrogen) atoms. The predicted molar refractivity (Wildman–Crippen MR) is 77.7 cm³/mol. The Morgan fingerprint density at radius 2 is 2.10 bits per heavy atom. The number of rotatable bonds is 3. The summed E-state index contributed by atoms with van der Waals surface area (Å²) in [6.45, 7) is 0. The summed E-state index contributed by atoms with van der Waals surface area (Å²) in [5.41, 5.74) is 0.199. The van der Waals surface area contributed by atoms with Crippen molar-refractivity contribution in [2.45, 2.75) is 0 Å². The van der Waals surface area contributed by atoms with Crippen LogP contribution in [0.4, 0.5) is 10.1 Å². The Hall–Kier alpha value is -1.73. The number of carbonyl (C=O) groups excluding carboxylic acids is 2. The first-order valence-corrected chi connectivity index (χ1v) is 7.12. The van der Waals surface area contributed by atoms with Crippen LogP contribution >= 0.6 is 27.3 Å². The summed E-state index contributed by atoms with van der Waals surface area (Å²) in [7, 11) is 1.25. The molecule has 0 aliphatic rings. The van der Waals surface area contributed by atoms with Crippen LogP contribution in [0.15, 0.2) is 34.1 Å². The third kappa shape index (κ3) is 3.05. The summed E-state index contributed by atoms with van der Waals surface area (Å²) in [6.07, 6.45) is 0. The highest BCUT2D eigenvalue weighted by Crippen LogP contribution is 2.24. The van der Waals surface area contributed by atoms with Crippen molar-refractivity contribution in [3.63, 3.8) is 0 Å². The fraction of sp³-hybridized carbons (Fsp3) is 0.0769. The van der Waals surface area contributed by atoms with Gasteiger partial charge >= 0.3 is 5.97 Å². The van der Waals surface area contributed by atoms with E-state index in [-0.39, 0.29) is 10.4 Å². The number of thiophene rings is 1. The molecule has 0 aliphatic heterocycles. The van der Waals surface area contributed by atoms with Crippen LogP contribution in [0.3, 0.4) is 0 Å². The first-order valence-electron chi connectivity index (χ1n) is 5.45. The molecule has 1 aromatic carbocycles. The quantitative estimate of drug-likeness (QED) is 0.852. The Morgan fingerprint density at radius 3 is 2.75 bits per heavy atom. The van der Waals surface area contributed by atoms with Crippen molar-refractivity contribution in [3.8, 4) is 0 Å². The number of benzene rings is 1. The average Bonchev–Trinajstić information content (AvgIpc) is 2.85. The van der Waals surface area contributed by atoms with Crippen molar-refractivity contribution >= 4 is 44.8 Å². The standard InChI is InChI=1S/C13H9BrFNO3S/c1-19-13(18)11-10(4-5-20-11)16-12(17)8-3-2-7(14)6-9(8)15/h2-6H,1H3,(H,16,17). The number of amides is 1. The maximum atomic E-state index is 13.7. The second-order valence-electron chi connectivity index (χ2n) is 3.73. The highest BCUT2D eigenvalue weighted by atomic mass is 79.9. The van der Waals surface area contributed by atoms with E-state index < -0.39 is 17.7 Å². The van der Waals surface area contributed by atoms with E-state index in [2.05, 4.69) is 26.0 Å². The first kappa shape index (κ1) is 14.7. The van der Waals surface area contributed by atoms with Gasteiger partial charge in [0.1, 0.15) is 10.7 Å². The Labute approximate surface area is 126 Å². The van der Waals surface area contributed by atoms with Gasteiger partial charge in [-0.15, -0.1) is 11.3 Å². The zero-order chi connectivity index (χ0) is 14.7. The van der Waals surface area contributed by atoms with E-state index in [4.69, 9.17) is 0 Å². The number of esters is 1. The molecule has 2 aromatic rings. The molecule has 1 aromatic heterocycles. The normalized spacial score (nSPS) is 10.2. The molecular formula is C13H9BrFNO3S. The number of ether oxygens (including phenoxy) is 1. The van der Waals surface area contributed by atoms with Crippen LogP contribution < -0.4 is 5.32 Å². The van der Waals surface area contributed by atoms with Crippen LogP contribution in [0.5, 0.6) is 0 Å². The molecule has 0 unspecified atom stereocenters. The molecule has 0 atom stereocenters. The molecule has 7 heteroatoms. The van der Waals surface area contributed by atoms with Gasteiger partial charge in [-0.3, -0.25) is 4.79 Å². The van der Waals surface area contributed by atoms with Crippen LogP contribution in [0.25, 0.3) is 0 Å². The molecule has 0 radical (unpaired) electrons. The second-order valence-corrected chi connectivity index (χ2v) is 5.57. The van der Waals surface area contributed by atoms with E-state index in [1.165, 1.54) is 19.2 Å². The monoisotopic (exact) mass is 357 g/mol. The summed E-state index contributed by atoms with van der Waals surface area (Å²) < 4.78 is 18.8. The van der Waals surface area contributed by atoms with Gasteiger partial charge in [0.05, 0.1) is 18.4 Å². The third-order valence-electron chi connectivity index (χ3n) is 2.46. The van der Waals surface area contributed by atoms with Gasteiger partial charge in [-0.2, -0.15) is 0 Å². The lowest BCUT2D eigenvalue weighted by molar-refractivity contribution is 0.0607. The number of carbonyl (C=O) groups is 2. The zero-order valence-corrected chi connectivity index (χ0v) is 12.7. The number of halogens is 2. The summed E-state index contributed by atoms with van der Waals surface area (Å²) in [4.78, 5) is 23.7. The topological polar surface area (TPSA) is 55.4 Å². The highest BCUT2D eigenvalue weighted by Gasteiger charge is 2.18. The minimum Gasteiger partial charge on any atom is -0.465 e. The van der Waals surface area contributed by atoms with Gasteiger partial charge in [0.2, 0.25) is 0 Å². The van der Waals surface area contributed by atoms with E-state index in [1.807, 2.05) is 0 Å². The molecule has 0 spiro atoms. The van der Waals surface area contributed by atoms with Crippen LogP contribution in [-0.4, -0.2) is 19.0 Å². The summed E-state index contributed by atoms with van der Waals surface area (Å²) >= 11 is 4.25. The maximum Gasteiger partial charge on any atom is 0.350 e. The fourth-order valence-electron chi connectivity index (χ4n) is 1.52. The molecule has 1 heterocycles. The van der Waals surface area contributed by atoms with E-state index in [0.717, 1.165) is 11.3 Å². The number of anilines is 1. The van der Waals surface area contributed by atoms with Crippen molar-refractivity contribution in [2.75, 3.05) is 12.4 Å². The van der Waals surface area contributed by atoms with Crippen LogP contribution in [0.1, 0.15) is 20.0 Å². The average molecular weight is 358 g/mol. The number of hydrogen-bond acceptors (Lipinski definition) is 4. The molecular weight excluding hydrogens is 349 g/mol. The highest BCUT2D eigenvalue weighted by molar-refractivity contribution is 9.10. The minimum absolute atomic E-state index is 0.102. The first-order chi connectivity index (χ1) is 9.52. The van der Waals surface area contributed by atoms with Gasteiger partial charge in [0.25, 0.3) is 5.91 Å². The van der Waals surface area contributed by atoms with Gasteiger partial charge in [-0.05, 0) is 29.6 Å². The molecule has 0 aliphatic carbocycles. The Kier molecular flexibility index (Phi) is 4.51. The van der Waals surface area contributed by atoms with Crippen LogP contribution in [-0.2, 0) is 4.74 Å². The van der Waals surface area contributed by atoms with E-state index >= 15 is 0 Å². The third-order valence-corrected chi connectivity index (χ3v) is 3.85. The minimum atomic E-state index is -0.647. The van der Waals surface area contributed by atoms with Gasteiger partial charge in [0.15, 0.2) is 0 Å². The molecule has 0 fully saturated rings. The van der Waals surface area contributed by atoms with E-state index in [9.17, 15) is 14.0 Å². The Morgan fingerprint density at radius 1 is 1.35 bits per heavy atom. The zero-order valence-electron chi connectivity index (χ0n) is 10.3. The van der Waals surface area contributed by atoms with Crippen LogP contribution in [0.2, 0.25) is 0 Å². The smallest absolute Gasteiger partial charge is 0.350 e. The summed E-state index contributed by atoms with van der Waals surface area (Å²) in [6, 6.07) is 5.68. The van der Waals surface area contributed by atoms with Crippen molar-refractivity contribution in [1.82, 2.24) is 0 Å². The maximum absolute atomic E-state index is 13.7. The fourth-order valence-corrected chi connectivity index (χ4v) is 2.62. The van der Waals surface area contributed by atoms with Crippen molar-refractivity contribution in [1.29, 1.82) is 0 Å².